The Hall–Kier alpha value is -2.20. The Kier molecular flexibility index (Phi) is 3.03. The number of hydrogen-bond donors (Lipinski definition) is 2. The summed E-state index contributed by atoms with van der Waals surface area (Å²) in [6, 6.07) is 13.2. The molecule has 0 saturated heterocycles. The van der Waals surface area contributed by atoms with Crippen LogP contribution in [0.5, 0.6) is 0 Å². The molecule has 0 saturated carbocycles. The summed E-state index contributed by atoms with van der Waals surface area (Å²) in [6.07, 6.45) is 1.56. The van der Waals surface area contributed by atoms with Crippen LogP contribution < -0.4 is 0 Å². The van der Waals surface area contributed by atoms with Crippen LogP contribution in [0.15, 0.2) is 42.5 Å². The molecule has 4 heteroatoms. The van der Waals surface area contributed by atoms with E-state index in [0.717, 1.165) is 11.3 Å². The van der Waals surface area contributed by atoms with E-state index in [1.54, 1.807) is 12.1 Å². The summed E-state index contributed by atoms with van der Waals surface area (Å²) >= 11 is 0. The van der Waals surface area contributed by atoms with Gasteiger partial charge in [-0.05, 0) is 25.3 Å². The molecule has 0 bridgehead atoms. The number of carboxylic acids is 1. The Morgan fingerprint density at radius 1 is 1.15 bits per heavy atom. The highest BCUT2D eigenvalue weighted by Gasteiger charge is 2.42. The van der Waals surface area contributed by atoms with Gasteiger partial charge >= 0.3 is 5.97 Å². The second kappa shape index (κ2) is 4.72. The van der Waals surface area contributed by atoms with Crippen LogP contribution in [0.4, 0.5) is 0 Å². The van der Waals surface area contributed by atoms with E-state index in [1.807, 2.05) is 30.3 Å². The summed E-state index contributed by atoms with van der Waals surface area (Å²) in [4.78, 5) is 15.9. The van der Waals surface area contributed by atoms with Crippen LogP contribution >= 0.6 is 0 Å². The number of benzene rings is 1. The number of nitrogens with zero attached hydrogens (tertiary/aromatic N) is 1. The number of pyridine rings is 1. The molecule has 3 rings (SSSR count). The SMILES string of the molecule is O=C(O)C1(O)CCCc2nc(-c3ccccc3)ccc21. The molecule has 1 heterocycles. The molecule has 0 radical (unpaired) electrons. The predicted molar refractivity (Wildman–Crippen MR) is 74.1 cm³/mol. The molecule has 102 valence electrons. The van der Waals surface area contributed by atoms with Crippen molar-refractivity contribution in [2.45, 2.75) is 24.9 Å². The van der Waals surface area contributed by atoms with E-state index >= 15 is 0 Å². The highest BCUT2D eigenvalue weighted by atomic mass is 16.4. The molecular formula is C16H15NO3. The van der Waals surface area contributed by atoms with Crippen molar-refractivity contribution in [3.8, 4) is 11.3 Å². The molecule has 20 heavy (non-hydrogen) atoms. The Morgan fingerprint density at radius 2 is 1.90 bits per heavy atom. The van der Waals surface area contributed by atoms with Crippen molar-refractivity contribution in [3.05, 3.63) is 53.7 Å². The second-order valence-corrected chi connectivity index (χ2v) is 5.08. The highest BCUT2D eigenvalue weighted by Crippen LogP contribution is 2.35. The lowest BCUT2D eigenvalue weighted by atomic mass is 9.81. The van der Waals surface area contributed by atoms with Gasteiger partial charge in [-0.2, -0.15) is 0 Å². The van der Waals surface area contributed by atoms with Crippen LogP contribution in [0.3, 0.4) is 0 Å². The van der Waals surface area contributed by atoms with E-state index in [0.29, 0.717) is 24.1 Å². The van der Waals surface area contributed by atoms with Crippen LogP contribution in [0.2, 0.25) is 0 Å². The minimum absolute atomic E-state index is 0.238. The quantitative estimate of drug-likeness (QED) is 0.878. The average Bonchev–Trinajstić information content (AvgIpc) is 2.48. The summed E-state index contributed by atoms with van der Waals surface area (Å²) in [6.45, 7) is 0. The van der Waals surface area contributed by atoms with Crippen LogP contribution in [0.25, 0.3) is 11.3 Å². The van der Waals surface area contributed by atoms with Crippen molar-refractivity contribution in [2.24, 2.45) is 0 Å². The third-order valence-electron chi connectivity index (χ3n) is 3.80. The van der Waals surface area contributed by atoms with Gasteiger partial charge in [0, 0.05) is 16.8 Å². The first kappa shape index (κ1) is 12.8. The smallest absolute Gasteiger partial charge is 0.340 e. The fourth-order valence-corrected chi connectivity index (χ4v) is 2.71. The lowest BCUT2D eigenvalue weighted by Crippen LogP contribution is -2.39. The van der Waals surface area contributed by atoms with Gasteiger partial charge in [-0.25, -0.2) is 4.79 Å². The maximum Gasteiger partial charge on any atom is 0.340 e. The van der Waals surface area contributed by atoms with Gasteiger partial charge in [0.2, 0.25) is 0 Å². The number of fused-ring (bicyclic) bond motifs is 1. The molecular weight excluding hydrogens is 254 g/mol. The molecule has 4 nitrogen and oxygen atoms in total. The van der Waals surface area contributed by atoms with Crippen molar-refractivity contribution in [1.29, 1.82) is 0 Å². The number of aromatic nitrogens is 1. The monoisotopic (exact) mass is 269 g/mol. The van der Waals surface area contributed by atoms with Crippen molar-refractivity contribution < 1.29 is 15.0 Å². The molecule has 0 amide bonds. The van der Waals surface area contributed by atoms with Crippen LogP contribution in [-0.4, -0.2) is 21.2 Å². The Morgan fingerprint density at radius 3 is 2.60 bits per heavy atom. The maximum atomic E-state index is 11.3. The molecule has 2 N–H and O–H groups in total. The van der Waals surface area contributed by atoms with Crippen molar-refractivity contribution >= 4 is 5.97 Å². The third-order valence-corrected chi connectivity index (χ3v) is 3.80. The largest absolute Gasteiger partial charge is 0.479 e. The number of aliphatic carboxylic acids is 1. The summed E-state index contributed by atoms with van der Waals surface area (Å²) in [5.41, 5.74) is 1.10. The first-order valence-electron chi connectivity index (χ1n) is 6.63. The van der Waals surface area contributed by atoms with Gasteiger partial charge in [0.1, 0.15) is 0 Å². The molecule has 0 aliphatic heterocycles. The number of carbonyl (C=O) groups is 1. The summed E-state index contributed by atoms with van der Waals surface area (Å²) in [5.74, 6) is -1.20. The average molecular weight is 269 g/mol. The normalized spacial score (nSPS) is 21.2. The number of carboxylic acid groups (broad SMARTS) is 1. The van der Waals surface area contributed by atoms with E-state index in [9.17, 15) is 15.0 Å². The zero-order valence-electron chi connectivity index (χ0n) is 10.9. The van der Waals surface area contributed by atoms with Gasteiger partial charge in [-0.3, -0.25) is 4.98 Å². The zero-order valence-corrected chi connectivity index (χ0v) is 10.9. The fraction of sp³-hybridized carbons (Fsp3) is 0.250. The summed E-state index contributed by atoms with van der Waals surface area (Å²) in [7, 11) is 0. The number of aliphatic hydroxyl groups is 1. The van der Waals surface area contributed by atoms with Gasteiger partial charge in [-0.1, -0.05) is 36.4 Å². The Balaban J connectivity index is 2.08. The van der Waals surface area contributed by atoms with Crippen molar-refractivity contribution in [1.82, 2.24) is 4.98 Å². The molecule has 1 atom stereocenters. The van der Waals surface area contributed by atoms with Crippen LogP contribution in [0, 0.1) is 0 Å². The van der Waals surface area contributed by atoms with E-state index in [1.165, 1.54) is 0 Å². The summed E-state index contributed by atoms with van der Waals surface area (Å²) in [5, 5.41) is 19.6. The first-order chi connectivity index (χ1) is 9.61. The van der Waals surface area contributed by atoms with Crippen LogP contribution in [-0.2, 0) is 16.8 Å². The Bertz CT molecular complexity index is 654. The molecule has 1 aromatic heterocycles. The highest BCUT2D eigenvalue weighted by molar-refractivity contribution is 5.80. The van der Waals surface area contributed by atoms with Gasteiger partial charge in [-0.15, -0.1) is 0 Å². The van der Waals surface area contributed by atoms with Gasteiger partial charge in [0.25, 0.3) is 0 Å². The van der Waals surface area contributed by atoms with Crippen molar-refractivity contribution in [3.63, 3.8) is 0 Å². The minimum atomic E-state index is -1.80. The number of hydrogen-bond acceptors (Lipinski definition) is 3. The molecule has 1 unspecified atom stereocenters. The molecule has 1 aliphatic rings. The van der Waals surface area contributed by atoms with Crippen molar-refractivity contribution in [2.75, 3.05) is 0 Å². The lowest BCUT2D eigenvalue weighted by Gasteiger charge is -2.30. The number of rotatable bonds is 2. The molecule has 0 fully saturated rings. The van der Waals surface area contributed by atoms with Gasteiger partial charge in [0.05, 0.1) is 5.69 Å². The minimum Gasteiger partial charge on any atom is -0.479 e. The topological polar surface area (TPSA) is 70.4 Å². The molecule has 1 aromatic carbocycles. The first-order valence-corrected chi connectivity index (χ1v) is 6.63. The van der Waals surface area contributed by atoms with Crippen LogP contribution in [0.1, 0.15) is 24.1 Å². The zero-order chi connectivity index (χ0) is 14.2. The lowest BCUT2D eigenvalue weighted by molar-refractivity contribution is -0.161. The van der Waals surface area contributed by atoms with E-state index in [-0.39, 0.29) is 6.42 Å². The second-order valence-electron chi connectivity index (χ2n) is 5.08. The fourth-order valence-electron chi connectivity index (χ4n) is 2.71. The van der Waals surface area contributed by atoms with Gasteiger partial charge in [0.15, 0.2) is 5.60 Å². The van der Waals surface area contributed by atoms with Gasteiger partial charge < -0.3 is 10.2 Å². The third kappa shape index (κ3) is 1.98. The number of aryl methyl sites for hydroxylation is 1. The summed E-state index contributed by atoms with van der Waals surface area (Å²) < 4.78 is 0. The molecule has 2 aromatic rings. The maximum absolute atomic E-state index is 11.3. The Labute approximate surface area is 116 Å². The van der Waals surface area contributed by atoms with E-state index < -0.39 is 11.6 Å². The molecule has 0 spiro atoms. The molecule has 1 aliphatic carbocycles. The van der Waals surface area contributed by atoms with E-state index in [4.69, 9.17) is 0 Å². The standard InChI is InChI=1S/C16H15NO3/c18-15(19)16(20)10-4-7-14-12(16)8-9-13(17-14)11-5-2-1-3-6-11/h1-3,5-6,8-9,20H,4,7,10H2,(H,18,19). The van der Waals surface area contributed by atoms with E-state index in [2.05, 4.69) is 4.98 Å². The predicted octanol–water partition coefficient (Wildman–Crippen LogP) is 2.36.